The number of hydrogen-bond acceptors (Lipinski definition) is 8. The van der Waals surface area contributed by atoms with E-state index in [9.17, 15) is 14.4 Å². The van der Waals surface area contributed by atoms with Crippen LogP contribution in [0.1, 0.15) is 31.0 Å². The van der Waals surface area contributed by atoms with E-state index in [-0.39, 0.29) is 17.7 Å². The fourth-order valence-electron chi connectivity index (χ4n) is 4.76. The van der Waals surface area contributed by atoms with Gasteiger partial charge in [0.25, 0.3) is 5.56 Å². The molecule has 3 aromatic carbocycles. The second-order valence-corrected chi connectivity index (χ2v) is 9.97. The maximum Gasteiger partial charge on any atom is 0.341 e. The first-order valence-corrected chi connectivity index (χ1v) is 13.3. The zero-order valence-electron chi connectivity index (χ0n) is 22.0. The fraction of sp³-hybridized carbons (Fsp3) is 0.200. The number of carbonyl (C=O) groups excluding carboxylic acids is 1. The molecule has 9 nitrogen and oxygen atoms in total. The van der Waals surface area contributed by atoms with Crippen LogP contribution in [0.15, 0.2) is 81.7 Å². The van der Waals surface area contributed by atoms with Gasteiger partial charge in [-0.3, -0.25) is 9.36 Å². The van der Waals surface area contributed by atoms with E-state index < -0.39 is 24.6 Å². The molecule has 0 spiro atoms. The number of nitrogens with zero attached hydrogens (tertiary/aromatic N) is 2. The number of aromatic nitrogens is 1. The van der Waals surface area contributed by atoms with E-state index in [4.69, 9.17) is 19.3 Å². The van der Waals surface area contributed by atoms with Gasteiger partial charge in [-0.25, -0.2) is 14.6 Å². The Morgan fingerprint density at radius 3 is 2.55 bits per heavy atom. The Balaban J connectivity index is 1.72. The summed E-state index contributed by atoms with van der Waals surface area (Å²) in [4.78, 5) is 43.2. The highest BCUT2D eigenvalue weighted by Gasteiger charge is 2.36. The van der Waals surface area contributed by atoms with E-state index in [2.05, 4.69) is 4.99 Å². The van der Waals surface area contributed by atoms with Gasteiger partial charge in [-0.15, -0.1) is 0 Å². The lowest BCUT2D eigenvalue weighted by Crippen LogP contribution is -2.40. The molecule has 0 fully saturated rings. The maximum absolute atomic E-state index is 14.0. The lowest BCUT2D eigenvalue weighted by Gasteiger charge is -2.27. The van der Waals surface area contributed by atoms with Gasteiger partial charge in [-0.05, 0) is 54.5 Å². The first-order valence-electron chi connectivity index (χ1n) is 12.5. The third-order valence-corrected chi connectivity index (χ3v) is 7.46. The zero-order valence-corrected chi connectivity index (χ0v) is 22.9. The van der Waals surface area contributed by atoms with Gasteiger partial charge in [0.05, 0.1) is 29.5 Å². The van der Waals surface area contributed by atoms with Gasteiger partial charge >= 0.3 is 11.9 Å². The molecule has 1 N–H and O–H groups in total. The van der Waals surface area contributed by atoms with Crippen LogP contribution in [0.2, 0.25) is 0 Å². The molecule has 1 aliphatic heterocycles. The van der Waals surface area contributed by atoms with Crippen LogP contribution in [0.25, 0.3) is 16.8 Å². The smallest absolute Gasteiger partial charge is 0.341 e. The number of thiazole rings is 1. The first kappa shape index (κ1) is 26.9. The van der Waals surface area contributed by atoms with Gasteiger partial charge in [-0.2, -0.15) is 0 Å². The van der Waals surface area contributed by atoms with Crippen LogP contribution in [0.4, 0.5) is 0 Å². The topological polar surface area (TPSA) is 116 Å². The molecule has 5 rings (SSSR count). The highest BCUT2D eigenvalue weighted by Crippen LogP contribution is 2.40. The van der Waals surface area contributed by atoms with E-state index in [0.29, 0.717) is 37.7 Å². The summed E-state index contributed by atoms with van der Waals surface area (Å²) in [5.41, 5.74) is 1.81. The van der Waals surface area contributed by atoms with Crippen molar-refractivity contribution in [3.63, 3.8) is 0 Å². The monoisotopic (exact) mass is 558 g/mol. The molecule has 0 radical (unpaired) electrons. The quantitative estimate of drug-likeness (QED) is 0.330. The molecule has 1 aliphatic rings. The van der Waals surface area contributed by atoms with Crippen LogP contribution in [0.3, 0.4) is 0 Å². The van der Waals surface area contributed by atoms with E-state index in [1.165, 1.54) is 15.9 Å². The summed E-state index contributed by atoms with van der Waals surface area (Å²) in [5, 5.41) is 10.6. The van der Waals surface area contributed by atoms with Crippen molar-refractivity contribution in [2.45, 2.75) is 19.9 Å². The third-order valence-electron chi connectivity index (χ3n) is 6.48. The number of carboxylic acid groups (broad SMARTS) is 1. The van der Waals surface area contributed by atoms with Crippen LogP contribution in [0.5, 0.6) is 11.5 Å². The molecule has 1 atom stereocenters. The summed E-state index contributed by atoms with van der Waals surface area (Å²) < 4.78 is 18.3. The first-order chi connectivity index (χ1) is 19.3. The number of esters is 1. The van der Waals surface area contributed by atoms with Gasteiger partial charge < -0.3 is 19.3 Å². The molecule has 1 unspecified atom stereocenters. The van der Waals surface area contributed by atoms with Crippen LogP contribution in [-0.2, 0) is 14.3 Å². The highest BCUT2D eigenvalue weighted by molar-refractivity contribution is 7.07. The minimum Gasteiger partial charge on any atom is -0.496 e. The van der Waals surface area contributed by atoms with Crippen molar-refractivity contribution in [2.24, 2.45) is 4.99 Å². The number of carboxylic acids is 1. The Morgan fingerprint density at radius 1 is 1.10 bits per heavy atom. The van der Waals surface area contributed by atoms with Crippen LogP contribution < -0.4 is 24.4 Å². The molecule has 4 aromatic rings. The number of fused-ring (bicyclic) bond motifs is 2. The molecule has 0 amide bonds. The number of benzene rings is 3. The Labute approximate surface area is 232 Å². The van der Waals surface area contributed by atoms with Crippen LogP contribution in [-0.4, -0.2) is 41.9 Å². The molecule has 10 heteroatoms. The Hall–Kier alpha value is -4.70. The van der Waals surface area contributed by atoms with Gasteiger partial charge in [0.1, 0.15) is 17.5 Å². The number of carbonyl (C=O) groups is 2. The highest BCUT2D eigenvalue weighted by atomic mass is 32.1. The largest absolute Gasteiger partial charge is 0.496 e. The van der Waals surface area contributed by atoms with Crippen molar-refractivity contribution >= 4 is 40.1 Å². The average Bonchev–Trinajstić information content (AvgIpc) is 3.25. The van der Waals surface area contributed by atoms with Crippen molar-refractivity contribution in [1.82, 2.24) is 4.57 Å². The van der Waals surface area contributed by atoms with Crippen molar-refractivity contribution in [1.29, 1.82) is 0 Å². The number of aliphatic carboxylic acids is 1. The Kier molecular flexibility index (Phi) is 7.52. The van der Waals surface area contributed by atoms with Crippen molar-refractivity contribution < 1.29 is 28.9 Å². The lowest BCUT2D eigenvalue weighted by molar-refractivity contribution is -0.140. The van der Waals surface area contributed by atoms with Crippen molar-refractivity contribution in [2.75, 3.05) is 20.3 Å². The molecule has 2 heterocycles. The van der Waals surface area contributed by atoms with Crippen molar-refractivity contribution in [3.8, 4) is 11.5 Å². The molecular weight excluding hydrogens is 532 g/mol. The zero-order chi connectivity index (χ0) is 28.4. The van der Waals surface area contributed by atoms with Gasteiger partial charge in [-0.1, -0.05) is 53.8 Å². The molecule has 0 aliphatic carbocycles. The number of allylic oxidation sites excluding steroid dienone is 1. The Morgan fingerprint density at radius 2 is 1.85 bits per heavy atom. The predicted octanol–water partition coefficient (Wildman–Crippen LogP) is 3.42. The molecule has 0 saturated carbocycles. The summed E-state index contributed by atoms with van der Waals surface area (Å²) in [5.74, 6) is -0.680. The number of ether oxygens (including phenoxy) is 3. The van der Waals surface area contributed by atoms with Gasteiger partial charge in [0.2, 0.25) is 0 Å². The fourth-order valence-corrected chi connectivity index (χ4v) is 5.80. The van der Waals surface area contributed by atoms with Crippen LogP contribution >= 0.6 is 11.3 Å². The number of methoxy groups -OCH3 is 1. The van der Waals surface area contributed by atoms with E-state index in [0.717, 1.165) is 10.8 Å². The molecular formula is C30H26N2O7S. The number of rotatable bonds is 8. The minimum absolute atomic E-state index is 0.172. The van der Waals surface area contributed by atoms with E-state index in [1.807, 2.05) is 36.4 Å². The second kappa shape index (κ2) is 11.2. The summed E-state index contributed by atoms with van der Waals surface area (Å²) in [6, 6.07) is 17.4. The molecule has 0 bridgehead atoms. The molecule has 40 heavy (non-hydrogen) atoms. The average molecular weight is 559 g/mol. The molecule has 0 saturated heterocycles. The minimum atomic E-state index is -1.07. The lowest BCUT2D eigenvalue weighted by atomic mass is 9.90. The number of hydrogen-bond donors (Lipinski definition) is 1. The normalized spacial score (nSPS) is 15.0. The van der Waals surface area contributed by atoms with E-state index in [1.54, 1.807) is 51.3 Å². The molecule has 204 valence electrons. The summed E-state index contributed by atoms with van der Waals surface area (Å²) in [6.07, 6.45) is 1.73. The maximum atomic E-state index is 14.0. The third kappa shape index (κ3) is 5.01. The summed E-state index contributed by atoms with van der Waals surface area (Å²) in [7, 11) is 1.56. The molecule has 1 aromatic heterocycles. The summed E-state index contributed by atoms with van der Waals surface area (Å²) in [6.45, 7) is 3.20. The SMILES string of the molecule is CCOC(=O)C1=C(C)N=c2sc(=Cc3ccc(OCC(=O)O)cc3)c(=O)n2C1c1c(OC)ccc2ccccc12. The van der Waals surface area contributed by atoms with E-state index >= 15 is 0 Å². The van der Waals surface area contributed by atoms with Crippen LogP contribution in [0, 0.1) is 0 Å². The van der Waals surface area contributed by atoms with Crippen molar-refractivity contribution in [3.05, 3.63) is 103 Å². The summed E-state index contributed by atoms with van der Waals surface area (Å²) >= 11 is 1.22. The standard InChI is InChI=1S/C30H26N2O7S/c1-4-38-29(36)25-17(2)31-30-32(27(25)26-21-8-6-5-7-19(21)11-14-22(26)37-3)28(35)23(40-30)15-18-9-12-20(13-10-18)39-16-24(33)34/h5-15,27H,4,16H2,1-3H3,(H,33,34). The van der Waals surface area contributed by atoms with Gasteiger partial charge in [0, 0.05) is 5.56 Å². The Bertz CT molecular complexity index is 1830. The predicted molar refractivity (Wildman–Crippen MR) is 150 cm³/mol. The van der Waals surface area contributed by atoms with Gasteiger partial charge in [0.15, 0.2) is 11.4 Å². The second-order valence-electron chi connectivity index (χ2n) is 8.96.